The lowest BCUT2D eigenvalue weighted by atomic mass is 9.91. The minimum absolute atomic E-state index is 0.343. The van der Waals surface area contributed by atoms with Gasteiger partial charge in [0, 0.05) is 5.56 Å². The van der Waals surface area contributed by atoms with Crippen molar-refractivity contribution in [2.45, 2.75) is 26.1 Å². The van der Waals surface area contributed by atoms with Gasteiger partial charge in [-0.15, -0.1) is 0 Å². The van der Waals surface area contributed by atoms with Gasteiger partial charge in [-0.3, -0.25) is 0 Å². The highest BCUT2D eigenvalue weighted by molar-refractivity contribution is 5.68. The van der Waals surface area contributed by atoms with E-state index >= 15 is 0 Å². The highest BCUT2D eigenvalue weighted by Gasteiger charge is 2.42. The topological polar surface area (TPSA) is 77.9 Å². The van der Waals surface area contributed by atoms with Crippen LogP contribution in [0.25, 0.3) is 11.3 Å². The fraction of sp³-hybridized carbons (Fsp3) is 0.280. The van der Waals surface area contributed by atoms with Gasteiger partial charge in [0.15, 0.2) is 0 Å². The number of ether oxygens (including phenoxy) is 3. The highest BCUT2D eigenvalue weighted by atomic mass is 16.6. The van der Waals surface area contributed by atoms with Gasteiger partial charge in [-0.25, -0.2) is 9.78 Å². The Labute approximate surface area is 181 Å². The SMILES string of the molecule is Cc1ccc(-c2cccc(COc3ccc(C4(OCC(=O)O)COC4)cc3)n2)c(C)c1. The molecule has 0 saturated carbocycles. The van der Waals surface area contributed by atoms with Crippen LogP contribution in [0.4, 0.5) is 0 Å². The van der Waals surface area contributed by atoms with Crippen LogP contribution in [0.3, 0.4) is 0 Å². The maximum Gasteiger partial charge on any atom is 0.329 e. The minimum atomic E-state index is -0.998. The van der Waals surface area contributed by atoms with Crippen molar-refractivity contribution in [2.75, 3.05) is 19.8 Å². The summed E-state index contributed by atoms with van der Waals surface area (Å²) in [5.41, 5.74) is 5.49. The van der Waals surface area contributed by atoms with Crippen LogP contribution in [0.5, 0.6) is 5.75 Å². The summed E-state index contributed by atoms with van der Waals surface area (Å²) in [6.45, 7) is 4.85. The molecule has 1 N–H and O–H groups in total. The predicted molar refractivity (Wildman–Crippen MR) is 116 cm³/mol. The molecule has 1 aliphatic heterocycles. The second-order valence-corrected chi connectivity index (χ2v) is 7.82. The number of aromatic nitrogens is 1. The van der Waals surface area contributed by atoms with Crippen molar-refractivity contribution in [2.24, 2.45) is 0 Å². The monoisotopic (exact) mass is 419 g/mol. The number of hydrogen-bond acceptors (Lipinski definition) is 5. The number of nitrogens with zero attached hydrogens (tertiary/aromatic N) is 1. The van der Waals surface area contributed by atoms with Gasteiger partial charge in [0.25, 0.3) is 0 Å². The Hall–Kier alpha value is -3.22. The Morgan fingerprint density at radius 1 is 1.10 bits per heavy atom. The van der Waals surface area contributed by atoms with Crippen molar-refractivity contribution in [3.63, 3.8) is 0 Å². The first-order chi connectivity index (χ1) is 14.9. The first kappa shape index (κ1) is 21.0. The molecular weight excluding hydrogens is 394 g/mol. The molecule has 31 heavy (non-hydrogen) atoms. The fourth-order valence-corrected chi connectivity index (χ4v) is 3.64. The van der Waals surface area contributed by atoms with Gasteiger partial charge in [-0.1, -0.05) is 42.0 Å². The first-order valence-corrected chi connectivity index (χ1v) is 10.2. The third-order valence-electron chi connectivity index (χ3n) is 5.37. The predicted octanol–water partition coefficient (Wildman–Crippen LogP) is 4.27. The molecule has 0 spiro atoms. The van der Waals surface area contributed by atoms with Crippen LogP contribution in [-0.2, 0) is 26.5 Å². The normalized spacial score (nSPS) is 14.6. The van der Waals surface area contributed by atoms with Crippen LogP contribution < -0.4 is 4.74 Å². The maximum absolute atomic E-state index is 10.8. The summed E-state index contributed by atoms with van der Waals surface area (Å²) in [5, 5.41) is 8.89. The molecule has 0 amide bonds. The molecule has 0 atom stereocenters. The smallest absolute Gasteiger partial charge is 0.329 e. The average molecular weight is 419 g/mol. The van der Waals surface area contributed by atoms with Crippen molar-refractivity contribution >= 4 is 5.97 Å². The summed E-state index contributed by atoms with van der Waals surface area (Å²) < 4.78 is 16.8. The van der Waals surface area contributed by atoms with E-state index in [1.807, 2.05) is 42.5 Å². The lowest BCUT2D eigenvalue weighted by molar-refractivity contribution is -0.220. The van der Waals surface area contributed by atoms with E-state index in [0.717, 1.165) is 22.5 Å². The van der Waals surface area contributed by atoms with Crippen LogP contribution in [0.1, 0.15) is 22.4 Å². The van der Waals surface area contributed by atoms with E-state index < -0.39 is 11.6 Å². The Morgan fingerprint density at radius 3 is 2.52 bits per heavy atom. The summed E-state index contributed by atoms with van der Waals surface area (Å²) in [7, 11) is 0. The van der Waals surface area contributed by atoms with Crippen molar-refractivity contribution in [3.8, 4) is 17.0 Å². The molecule has 4 rings (SSSR count). The standard InChI is InChI=1S/C25H25NO5/c1-17-6-11-22(18(2)12-17)23-5-3-4-20(26-23)13-30-21-9-7-19(8-10-21)25(15-29-16-25)31-14-24(27)28/h3-12H,13-16H2,1-2H3,(H,27,28). The van der Waals surface area contributed by atoms with E-state index in [2.05, 4.69) is 32.0 Å². The van der Waals surface area contributed by atoms with Gasteiger partial charge >= 0.3 is 5.97 Å². The molecule has 2 aromatic carbocycles. The lowest BCUT2D eigenvalue weighted by Crippen LogP contribution is -2.49. The summed E-state index contributed by atoms with van der Waals surface area (Å²) in [6, 6.07) is 19.8. The zero-order valence-electron chi connectivity index (χ0n) is 17.6. The molecule has 0 unspecified atom stereocenters. The third-order valence-corrected chi connectivity index (χ3v) is 5.37. The van der Waals surface area contributed by atoms with Crippen molar-refractivity contribution in [1.29, 1.82) is 0 Å². The van der Waals surface area contributed by atoms with E-state index in [0.29, 0.717) is 25.6 Å². The number of carbonyl (C=O) groups is 1. The molecular formula is C25H25NO5. The van der Waals surface area contributed by atoms with Crippen LogP contribution >= 0.6 is 0 Å². The number of carboxylic acids is 1. The number of carboxylic acid groups (broad SMARTS) is 1. The summed E-state index contributed by atoms with van der Waals surface area (Å²) >= 11 is 0. The molecule has 0 aliphatic carbocycles. The van der Waals surface area contributed by atoms with Crippen LogP contribution in [-0.4, -0.2) is 35.9 Å². The summed E-state index contributed by atoms with van der Waals surface area (Å²) in [4.78, 5) is 15.6. The molecule has 1 saturated heterocycles. The molecule has 6 heteroatoms. The molecule has 1 aliphatic rings. The Kier molecular flexibility index (Phi) is 6.02. The number of benzene rings is 2. The van der Waals surface area contributed by atoms with Gasteiger partial charge in [0.05, 0.1) is 24.6 Å². The number of rotatable bonds is 8. The van der Waals surface area contributed by atoms with Crippen molar-refractivity contribution < 1.29 is 24.1 Å². The zero-order chi connectivity index (χ0) is 21.8. The third kappa shape index (κ3) is 4.76. The van der Waals surface area contributed by atoms with E-state index in [1.165, 1.54) is 11.1 Å². The van der Waals surface area contributed by atoms with Gasteiger partial charge in [-0.2, -0.15) is 0 Å². The molecule has 2 heterocycles. The van der Waals surface area contributed by atoms with Gasteiger partial charge in [-0.05, 0) is 49.2 Å². The fourth-order valence-electron chi connectivity index (χ4n) is 3.64. The first-order valence-electron chi connectivity index (χ1n) is 10.2. The van der Waals surface area contributed by atoms with E-state index in [9.17, 15) is 4.79 Å². The molecule has 3 aromatic rings. The number of aliphatic carboxylic acids is 1. The Morgan fingerprint density at radius 2 is 1.87 bits per heavy atom. The lowest BCUT2D eigenvalue weighted by Gasteiger charge is -2.41. The molecule has 1 aromatic heterocycles. The van der Waals surface area contributed by atoms with Crippen molar-refractivity contribution in [1.82, 2.24) is 4.98 Å². The quantitative estimate of drug-likeness (QED) is 0.588. The van der Waals surface area contributed by atoms with E-state index in [1.54, 1.807) is 0 Å². The highest BCUT2D eigenvalue weighted by Crippen LogP contribution is 2.34. The Balaban J connectivity index is 1.42. The Bertz CT molecular complexity index is 1070. The van der Waals surface area contributed by atoms with E-state index in [-0.39, 0.29) is 6.61 Å². The summed E-state index contributed by atoms with van der Waals surface area (Å²) in [6.07, 6.45) is 0. The number of pyridine rings is 1. The van der Waals surface area contributed by atoms with Gasteiger partial charge in [0.1, 0.15) is 24.6 Å². The second-order valence-electron chi connectivity index (χ2n) is 7.82. The molecule has 160 valence electrons. The molecule has 0 radical (unpaired) electrons. The molecule has 6 nitrogen and oxygen atoms in total. The van der Waals surface area contributed by atoms with Gasteiger partial charge in [0.2, 0.25) is 0 Å². The maximum atomic E-state index is 10.8. The van der Waals surface area contributed by atoms with Gasteiger partial charge < -0.3 is 19.3 Å². The second kappa shape index (κ2) is 8.88. The minimum Gasteiger partial charge on any atom is -0.487 e. The number of aryl methyl sites for hydroxylation is 2. The average Bonchev–Trinajstić information content (AvgIpc) is 2.72. The molecule has 0 bridgehead atoms. The largest absolute Gasteiger partial charge is 0.487 e. The van der Waals surface area contributed by atoms with Crippen LogP contribution in [0, 0.1) is 13.8 Å². The molecule has 1 fully saturated rings. The van der Waals surface area contributed by atoms with Crippen LogP contribution in [0.2, 0.25) is 0 Å². The van der Waals surface area contributed by atoms with E-state index in [4.69, 9.17) is 24.3 Å². The summed E-state index contributed by atoms with van der Waals surface area (Å²) in [5.74, 6) is -0.294. The van der Waals surface area contributed by atoms with Crippen LogP contribution in [0.15, 0.2) is 60.7 Å². The van der Waals surface area contributed by atoms with Crippen molar-refractivity contribution in [3.05, 3.63) is 83.0 Å². The number of hydrogen-bond donors (Lipinski definition) is 1. The zero-order valence-corrected chi connectivity index (χ0v) is 17.6.